The van der Waals surface area contributed by atoms with Gasteiger partial charge in [0.2, 0.25) is 0 Å². The van der Waals surface area contributed by atoms with Crippen molar-refractivity contribution in [1.82, 2.24) is 10.4 Å². The van der Waals surface area contributed by atoms with Crippen LogP contribution in [0.4, 0.5) is 0 Å². The van der Waals surface area contributed by atoms with Crippen molar-refractivity contribution < 1.29 is 4.79 Å². The van der Waals surface area contributed by atoms with E-state index in [-0.39, 0.29) is 26.7 Å². The maximum Gasteiger partial charge on any atom is 0.148 e. The average molecular weight is 174 g/mol. The lowest BCUT2D eigenvalue weighted by atomic mass is 10.1. The molecule has 1 atom stereocenters. The Hall–Kier alpha value is -0.410. The lowest BCUT2D eigenvalue weighted by Gasteiger charge is -2.29. The van der Waals surface area contributed by atoms with E-state index in [0.29, 0.717) is 0 Å². The number of hydrogen-bond acceptors (Lipinski definition) is 3. The Labute approximate surface area is 76.1 Å². The Balaban J connectivity index is 0. The number of nitrogens with one attached hydrogen (secondary N) is 1. The average Bonchev–Trinajstić information content (AvgIpc) is 1.88. The first-order valence-corrected chi connectivity index (χ1v) is 3.68. The molecule has 0 aromatic carbocycles. The first-order valence-electron chi connectivity index (χ1n) is 3.68. The Morgan fingerprint density at radius 1 is 1.50 bits per heavy atom. The van der Waals surface area contributed by atoms with Gasteiger partial charge in [0.25, 0.3) is 0 Å². The topological polar surface area (TPSA) is 32.3 Å². The minimum atomic E-state index is 0. The fourth-order valence-electron chi connectivity index (χ4n) is 1.22. The van der Waals surface area contributed by atoms with Crippen LogP contribution in [0.2, 0.25) is 0 Å². The van der Waals surface area contributed by atoms with Crippen molar-refractivity contribution in [2.45, 2.75) is 40.7 Å². The molecule has 1 heterocycles. The highest BCUT2D eigenvalue weighted by molar-refractivity contribution is 5.81. The molecule has 0 radical (unpaired) electrons. The highest BCUT2D eigenvalue weighted by atomic mass is 16.1. The van der Waals surface area contributed by atoms with Crippen molar-refractivity contribution in [1.29, 1.82) is 0 Å². The fraction of sp³-hybridized carbons (Fsp3) is 0.889. The molecule has 1 saturated heterocycles. The van der Waals surface area contributed by atoms with Gasteiger partial charge >= 0.3 is 0 Å². The molecule has 0 aromatic rings. The van der Waals surface area contributed by atoms with E-state index in [1.54, 1.807) is 6.92 Å². The molecule has 1 aliphatic heterocycles. The molecule has 74 valence electrons. The molecular weight excluding hydrogens is 152 g/mol. The number of carbonyl (C=O) groups is 1. The van der Waals surface area contributed by atoms with E-state index < -0.39 is 0 Å². The predicted octanol–water partition coefficient (Wildman–Crippen LogP) is 1.45. The molecule has 12 heavy (non-hydrogen) atoms. The Bertz CT molecular complexity index is 136. The summed E-state index contributed by atoms with van der Waals surface area (Å²) in [7, 11) is 1.97. The van der Waals surface area contributed by atoms with E-state index in [1.165, 1.54) is 0 Å². The lowest BCUT2D eigenvalue weighted by Crippen LogP contribution is -2.50. The summed E-state index contributed by atoms with van der Waals surface area (Å²) in [5, 5.41) is 1.98. The molecule has 0 amide bonds. The molecule has 0 aromatic heterocycles. The Morgan fingerprint density at radius 3 is 2.42 bits per heavy atom. The number of hydrazine groups is 1. The molecule has 3 heteroatoms. The van der Waals surface area contributed by atoms with Crippen molar-refractivity contribution >= 4 is 5.78 Å². The quantitative estimate of drug-likeness (QED) is 0.653. The zero-order valence-electron chi connectivity index (χ0n) is 6.55. The van der Waals surface area contributed by atoms with E-state index in [9.17, 15) is 4.79 Å². The van der Waals surface area contributed by atoms with Crippen LogP contribution >= 0.6 is 0 Å². The van der Waals surface area contributed by atoms with Gasteiger partial charge in [-0.05, 0) is 19.8 Å². The van der Waals surface area contributed by atoms with Gasteiger partial charge < -0.3 is 0 Å². The van der Waals surface area contributed by atoms with Gasteiger partial charge in [-0.1, -0.05) is 14.9 Å². The number of nitrogens with zero attached hydrogens (tertiary/aromatic N) is 1. The zero-order valence-corrected chi connectivity index (χ0v) is 6.55. The van der Waals surface area contributed by atoms with E-state index >= 15 is 0 Å². The van der Waals surface area contributed by atoms with Gasteiger partial charge in [-0.15, -0.1) is 0 Å². The van der Waals surface area contributed by atoms with Gasteiger partial charge in [0.05, 0.1) is 6.04 Å². The van der Waals surface area contributed by atoms with E-state index in [1.807, 2.05) is 12.1 Å². The van der Waals surface area contributed by atoms with Crippen LogP contribution in [-0.2, 0) is 4.79 Å². The predicted molar refractivity (Wildman–Crippen MR) is 52.9 cm³/mol. The molecule has 0 aliphatic carbocycles. The smallest absolute Gasteiger partial charge is 0.148 e. The van der Waals surface area contributed by atoms with Crippen molar-refractivity contribution in [3.8, 4) is 0 Å². The second-order valence-corrected chi connectivity index (χ2v) is 2.86. The molecular formula is C9H22N2O. The fourth-order valence-corrected chi connectivity index (χ4v) is 1.22. The zero-order chi connectivity index (χ0) is 7.56. The van der Waals surface area contributed by atoms with Gasteiger partial charge in [0, 0.05) is 13.6 Å². The monoisotopic (exact) mass is 174 g/mol. The molecule has 0 unspecified atom stereocenters. The van der Waals surface area contributed by atoms with E-state index in [0.717, 1.165) is 19.4 Å². The minimum absolute atomic E-state index is 0. The summed E-state index contributed by atoms with van der Waals surface area (Å²) in [5.41, 5.74) is 3.10. The standard InChI is InChI=1S/C7H14N2O.2CH4/c1-6(10)7-4-3-5-9(2)8-7;;/h7-8H,3-5H2,1-2H3;2*1H4/t7-;;/m0../s1. The highest BCUT2D eigenvalue weighted by Crippen LogP contribution is 2.05. The van der Waals surface area contributed by atoms with Gasteiger partial charge in [-0.25, -0.2) is 10.4 Å². The SMILES string of the molecule is C.C.CC(=O)[C@@H]1CCCN(C)N1. The van der Waals surface area contributed by atoms with Crippen LogP contribution in [0.3, 0.4) is 0 Å². The third kappa shape index (κ3) is 3.83. The van der Waals surface area contributed by atoms with Crippen LogP contribution in [0.25, 0.3) is 0 Å². The van der Waals surface area contributed by atoms with E-state index in [4.69, 9.17) is 0 Å². The number of rotatable bonds is 1. The summed E-state index contributed by atoms with van der Waals surface area (Å²) in [4.78, 5) is 10.9. The highest BCUT2D eigenvalue weighted by Gasteiger charge is 2.19. The summed E-state index contributed by atoms with van der Waals surface area (Å²) in [6.07, 6.45) is 2.10. The second kappa shape index (κ2) is 6.14. The summed E-state index contributed by atoms with van der Waals surface area (Å²) >= 11 is 0. The second-order valence-electron chi connectivity index (χ2n) is 2.86. The maximum atomic E-state index is 10.9. The van der Waals surface area contributed by atoms with Crippen LogP contribution in [0.5, 0.6) is 0 Å². The molecule has 0 spiro atoms. The number of Topliss-reactive ketones (excluding diaryl/α,β-unsaturated/α-hetero) is 1. The molecule has 0 saturated carbocycles. The van der Waals surface area contributed by atoms with Crippen molar-refractivity contribution in [3.05, 3.63) is 0 Å². The third-order valence-corrected chi connectivity index (χ3v) is 1.85. The maximum absolute atomic E-state index is 10.9. The normalized spacial score (nSPS) is 23.7. The summed E-state index contributed by atoms with van der Waals surface area (Å²) in [6.45, 7) is 2.68. The van der Waals surface area contributed by atoms with Gasteiger partial charge in [-0.2, -0.15) is 0 Å². The third-order valence-electron chi connectivity index (χ3n) is 1.85. The van der Waals surface area contributed by atoms with Crippen LogP contribution < -0.4 is 5.43 Å². The summed E-state index contributed by atoms with van der Waals surface area (Å²) < 4.78 is 0. The molecule has 1 fully saturated rings. The molecule has 0 bridgehead atoms. The first-order chi connectivity index (χ1) is 4.70. The largest absolute Gasteiger partial charge is 0.298 e. The number of ketones is 1. The van der Waals surface area contributed by atoms with Crippen LogP contribution in [0.15, 0.2) is 0 Å². The van der Waals surface area contributed by atoms with Gasteiger partial charge in [0.15, 0.2) is 0 Å². The van der Waals surface area contributed by atoms with Crippen LogP contribution in [0, 0.1) is 0 Å². The molecule has 1 aliphatic rings. The summed E-state index contributed by atoms with van der Waals surface area (Å²) in [5.74, 6) is 0.242. The summed E-state index contributed by atoms with van der Waals surface area (Å²) in [6, 6.07) is 0.0683. The first kappa shape index (κ1) is 14.1. The van der Waals surface area contributed by atoms with E-state index in [2.05, 4.69) is 5.43 Å². The van der Waals surface area contributed by atoms with Crippen molar-refractivity contribution in [3.63, 3.8) is 0 Å². The van der Waals surface area contributed by atoms with Gasteiger partial charge in [0.1, 0.15) is 5.78 Å². The number of carbonyl (C=O) groups excluding carboxylic acids is 1. The lowest BCUT2D eigenvalue weighted by molar-refractivity contribution is -0.121. The molecule has 3 nitrogen and oxygen atoms in total. The van der Waals surface area contributed by atoms with Crippen molar-refractivity contribution in [2.24, 2.45) is 0 Å². The Kier molecular flexibility index (Phi) is 7.24. The minimum Gasteiger partial charge on any atom is -0.298 e. The number of hydrogen-bond donors (Lipinski definition) is 1. The molecule has 1 N–H and O–H groups in total. The van der Waals surface area contributed by atoms with Gasteiger partial charge in [-0.3, -0.25) is 4.79 Å². The van der Waals surface area contributed by atoms with Crippen LogP contribution in [-0.4, -0.2) is 30.4 Å². The van der Waals surface area contributed by atoms with Crippen LogP contribution in [0.1, 0.15) is 34.6 Å². The van der Waals surface area contributed by atoms with Crippen molar-refractivity contribution in [2.75, 3.05) is 13.6 Å². The molecule has 1 rings (SSSR count). The Morgan fingerprint density at radius 2 is 2.08 bits per heavy atom.